The third-order valence-corrected chi connectivity index (χ3v) is 4.93. The first-order valence-corrected chi connectivity index (χ1v) is 8.85. The molecule has 0 bridgehead atoms. The van der Waals surface area contributed by atoms with Crippen LogP contribution >= 0.6 is 0 Å². The van der Waals surface area contributed by atoms with Gasteiger partial charge in [0.25, 0.3) is 0 Å². The smallest absolute Gasteiger partial charge is 0.222 e. The predicted octanol–water partition coefficient (Wildman–Crippen LogP) is 3.48. The Labute approximate surface area is 124 Å². The van der Waals surface area contributed by atoms with Crippen LogP contribution in [0.15, 0.2) is 0 Å². The number of hydrogen-bond donors (Lipinski definition) is 1. The number of piperidine rings is 1. The van der Waals surface area contributed by atoms with Crippen LogP contribution in [0.5, 0.6) is 0 Å². The minimum atomic E-state index is 0.417. The zero-order valence-electron chi connectivity index (χ0n) is 13.2. The van der Waals surface area contributed by atoms with Gasteiger partial charge in [0.2, 0.25) is 5.91 Å². The van der Waals surface area contributed by atoms with Gasteiger partial charge in [-0.2, -0.15) is 0 Å². The number of likely N-dealkylation sites (tertiary alicyclic amines) is 1. The normalized spacial score (nSPS) is 26.9. The molecule has 0 spiro atoms. The molecule has 1 amide bonds. The average molecular weight is 280 g/mol. The van der Waals surface area contributed by atoms with E-state index in [0.717, 1.165) is 25.9 Å². The van der Waals surface area contributed by atoms with E-state index in [1.807, 2.05) is 0 Å². The number of carbonyl (C=O) groups excluding carboxylic acids is 1. The van der Waals surface area contributed by atoms with Gasteiger partial charge in [0, 0.05) is 25.0 Å². The third kappa shape index (κ3) is 4.47. The van der Waals surface area contributed by atoms with Gasteiger partial charge in [-0.05, 0) is 45.1 Å². The van der Waals surface area contributed by atoms with Crippen LogP contribution in [-0.4, -0.2) is 36.0 Å². The van der Waals surface area contributed by atoms with E-state index in [-0.39, 0.29) is 0 Å². The number of nitrogens with zero attached hydrogens (tertiary/aromatic N) is 1. The van der Waals surface area contributed by atoms with Gasteiger partial charge in [0.1, 0.15) is 0 Å². The van der Waals surface area contributed by atoms with Gasteiger partial charge >= 0.3 is 0 Å². The van der Waals surface area contributed by atoms with Crippen molar-refractivity contribution in [1.29, 1.82) is 0 Å². The fourth-order valence-corrected chi connectivity index (χ4v) is 3.75. The van der Waals surface area contributed by atoms with Crippen molar-refractivity contribution in [2.75, 3.05) is 13.1 Å². The van der Waals surface area contributed by atoms with Crippen molar-refractivity contribution in [3.05, 3.63) is 0 Å². The zero-order valence-corrected chi connectivity index (χ0v) is 13.2. The maximum absolute atomic E-state index is 12.5. The highest BCUT2D eigenvalue weighted by atomic mass is 16.2. The molecular weight excluding hydrogens is 248 g/mol. The van der Waals surface area contributed by atoms with E-state index in [2.05, 4.69) is 17.1 Å². The Morgan fingerprint density at radius 3 is 2.70 bits per heavy atom. The number of amides is 1. The lowest BCUT2D eigenvalue weighted by Crippen LogP contribution is -2.52. The van der Waals surface area contributed by atoms with Gasteiger partial charge in [-0.1, -0.05) is 32.6 Å². The minimum Gasteiger partial charge on any atom is -0.338 e. The molecule has 20 heavy (non-hydrogen) atoms. The molecule has 0 aromatic heterocycles. The molecule has 0 aromatic carbocycles. The first-order valence-electron chi connectivity index (χ1n) is 8.85. The molecule has 0 aliphatic carbocycles. The van der Waals surface area contributed by atoms with Crippen molar-refractivity contribution in [2.24, 2.45) is 0 Å². The summed E-state index contributed by atoms with van der Waals surface area (Å²) in [5.41, 5.74) is 0. The Balaban J connectivity index is 1.76. The van der Waals surface area contributed by atoms with Crippen LogP contribution < -0.4 is 5.32 Å². The van der Waals surface area contributed by atoms with Crippen LogP contribution in [0.1, 0.15) is 77.6 Å². The fourth-order valence-electron chi connectivity index (χ4n) is 3.75. The molecule has 0 aromatic rings. The lowest BCUT2D eigenvalue weighted by atomic mass is 9.94. The highest BCUT2D eigenvalue weighted by molar-refractivity contribution is 5.76. The Kier molecular flexibility index (Phi) is 6.85. The molecule has 3 nitrogen and oxygen atoms in total. The van der Waals surface area contributed by atoms with E-state index in [4.69, 9.17) is 0 Å². The quantitative estimate of drug-likeness (QED) is 0.724. The average Bonchev–Trinajstić information content (AvgIpc) is 3.01. The highest BCUT2D eigenvalue weighted by Gasteiger charge is 2.33. The second-order valence-electron chi connectivity index (χ2n) is 6.52. The molecule has 2 rings (SSSR count). The van der Waals surface area contributed by atoms with Gasteiger partial charge in [-0.3, -0.25) is 4.79 Å². The van der Waals surface area contributed by atoms with E-state index >= 15 is 0 Å². The van der Waals surface area contributed by atoms with Crippen LogP contribution in [-0.2, 0) is 4.79 Å². The number of carbonyl (C=O) groups is 1. The SMILES string of the molecule is CCCCCCCC(=O)N1CCCCC1C1CCCN1. The van der Waals surface area contributed by atoms with Crippen molar-refractivity contribution in [3.63, 3.8) is 0 Å². The van der Waals surface area contributed by atoms with Gasteiger partial charge in [-0.25, -0.2) is 0 Å². The maximum Gasteiger partial charge on any atom is 0.222 e. The van der Waals surface area contributed by atoms with E-state index in [0.29, 0.717) is 18.0 Å². The monoisotopic (exact) mass is 280 g/mol. The molecule has 2 saturated heterocycles. The predicted molar refractivity (Wildman–Crippen MR) is 83.8 cm³/mol. The molecule has 2 aliphatic heterocycles. The largest absolute Gasteiger partial charge is 0.338 e. The lowest BCUT2D eigenvalue weighted by Gasteiger charge is -2.39. The van der Waals surface area contributed by atoms with Crippen LogP contribution in [0.4, 0.5) is 0 Å². The Bertz CT molecular complexity index is 287. The Morgan fingerprint density at radius 2 is 1.95 bits per heavy atom. The van der Waals surface area contributed by atoms with Crippen molar-refractivity contribution in [2.45, 2.75) is 89.6 Å². The third-order valence-electron chi connectivity index (χ3n) is 4.93. The molecule has 0 radical (unpaired) electrons. The molecule has 2 atom stereocenters. The lowest BCUT2D eigenvalue weighted by molar-refractivity contribution is -0.135. The van der Waals surface area contributed by atoms with Crippen LogP contribution in [0.3, 0.4) is 0 Å². The zero-order chi connectivity index (χ0) is 14.2. The van der Waals surface area contributed by atoms with Gasteiger partial charge in [0.05, 0.1) is 0 Å². The van der Waals surface area contributed by atoms with Crippen molar-refractivity contribution in [1.82, 2.24) is 10.2 Å². The number of hydrogen-bond acceptors (Lipinski definition) is 2. The summed E-state index contributed by atoms with van der Waals surface area (Å²) in [6.45, 7) is 4.37. The summed E-state index contributed by atoms with van der Waals surface area (Å²) in [5.74, 6) is 0.417. The molecule has 2 heterocycles. The Hall–Kier alpha value is -0.570. The summed E-state index contributed by atoms with van der Waals surface area (Å²) in [6, 6.07) is 1.05. The van der Waals surface area contributed by atoms with E-state index in [1.54, 1.807) is 0 Å². The first-order chi connectivity index (χ1) is 9.83. The summed E-state index contributed by atoms with van der Waals surface area (Å²) in [7, 11) is 0. The van der Waals surface area contributed by atoms with Crippen molar-refractivity contribution in [3.8, 4) is 0 Å². The van der Waals surface area contributed by atoms with E-state index < -0.39 is 0 Å². The fraction of sp³-hybridized carbons (Fsp3) is 0.941. The molecule has 3 heteroatoms. The van der Waals surface area contributed by atoms with E-state index in [1.165, 1.54) is 57.8 Å². The number of nitrogens with one attached hydrogen (secondary N) is 1. The van der Waals surface area contributed by atoms with Crippen LogP contribution in [0, 0.1) is 0 Å². The van der Waals surface area contributed by atoms with Crippen molar-refractivity contribution < 1.29 is 4.79 Å². The summed E-state index contributed by atoms with van der Waals surface area (Å²) in [4.78, 5) is 14.7. The van der Waals surface area contributed by atoms with Crippen LogP contribution in [0.2, 0.25) is 0 Å². The molecule has 2 fully saturated rings. The Morgan fingerprint density at radius 1 is 1.10 bits per heavy atom. The minimum absolute atomic E-state index is 0.417. The summed E-state index contributed by atoms with van der Waals surface area (Å²) in [5, 5.41) is 3.60. The topological polar surface area (TPSA) is 32.3 Å². The summed E-state index contributed by atoms with van der Waals surface area (Å²) in [6.07, 6.45) is 13.2. The standard InChI is InChI=1S/C17H32N2O/c1-2-3-4-5-6-12-17(20)19-14-8-7-11-16(19)15-10-9-13-18-15/h15-16,18H,2-14H2,1H3. The van der Waals surface area contributed by atoms with Crippen LogP contribution in [0.25, 0.3) is 0 Å². The summed E-state index contributed by atoms with van der Waals surface area (Å²) < 4.78 is 0. The molecular formula is C17H32N2O. The molecule has 0 saturated carbocycles. The number of rotatable bonds is 7. The molecule has 116 valence electrons. The first kappa shape index (κ1) is 15.8. The molecule has 2 unspecified atom stereocenters. The highest BCUT2D eigenvalue weighted by Crippen LogP contribution is 2.25. The second kappa shape index (κ2) is 8.66. The maximum atomic E-state index is 12.5. The summed E-state index contributed by atoms with van der Waals surface area (Å²) >= 11 is 0. The van der Waals surface area contributed by atoms with E-state index in [9.17, 15) is 4.79 Å². The van der Waals surface area contributed by atoms with Gasteiger partial charge < -0.3 is 10.2 Å². The van der Waals surface area contributed by atoms with Crippen molar-refractivity contribution >= 4 is 5.91 Å². The second-order valence-corrected chi connectivity index (χ2v) is 6.52. The van der Waals surface area contributed by atoms with Gasteiger partial charge in [0.15, 0.2) is 0 Å². The number of unbranched alkanes of at least 4 members (excludes halogenated alkanes) is 4. The molecule has 2 aliphatic rings. The molecule has 1 N–H and O–H groups in total. The van der Waals surface area contributed by atoms with Gasteiger partial charge in [-0.15, -0.1) is 0 Å².